The molecule has 2 fully saturated rings. The number of nitrogens with one attached hydrogen (secondary N) is 1. The van der Waals surface area contributed by atoms with Gasteiger partial charge in [-0.25, -0.2) is 0 Å². The quantitative estimate of drug-likeness (QED) is 0.733. The smallest absolute Gasteiger partial charge is 0.0727 e. The Morgan fingerprint density at radius 1 is 1.08 bits per heavy atom. The summed E-state index contributed by atoms with van der Waals surface area (Å²) in [4.78, 5) is 0. The summed E-state index contributed by atoms with van der Waals surface area (Å²) in [7, 11) is 2.12. The van der Waals surface area contributed by atoms with Crippen molar-refractivity contribution in [2.45, 2.75) is 77.9 Å². The maximum absolute atomic E-state index is 10.3. The highest BCUT2D eigenvalue weighted by Gasteiger charge is 2.56. The molecule has 2 heteroatoms. The molecule has 2 N–H and O–H groups in total. The van der Waals surface area contributed by atoms with E-state index in [0.29, 0.717) is 11.5 Å². The molecule has 0 aliphatic heterocycles. The van der Waals surface area contributed by atoms with E-state index in [-0.39, 0.29) is 11.5 Å². The van der Waals surface area contributed by atoms with Crippen LogP contribution in [0.5, 0.6) is 0 Å². The van der Waals surface area contributed by atoms with Crippen LogP contribution in [0.4, 0.5) is 0 Å². The van der Waals surface area contributed by atoms with E-state index >= 15 is 0 Å². The molecule has 7 atom stereocenters. The van der Waals surface area contributed by atoms with Gasteiger partial charge in [-0.1, -0.05) is 31.6 Å². The molecular weight excluding hydrogens is 294 g/mol. The standard InChI is InChI=1S/C22H35NO/c1-14(24)18-7-8-19-17-6-5-15-13-16(23-4)9-11-21(15,2)20(17)10-12-22(18,19)3/h5,7,14,16-17,19-20,23-24H,6,8-13H2,1-4H3/t14-,16+,17-,19+,20-,21+,22+/m0/s1. The van der Waals surface area contributed by atoms with Crippen molar-refractivity contribution in [1.82, 2.24) is 5.32 Å². The minimum atomic E-state index is -0.270. The summed E-state index contributed by atoms with van der Waals surface area (Å²) in [6, 6.07) is 0.685. The molecule has 2 saturated carbocycles. The van der Waals surface area contributed by atoms with E-state index in [2.05, 4.69) is 38.4 Å². The van der Waals surface area contributed by atoms with E-state index in [1.165, 1.54) is 50.5 Å². The van der Waals surface area contributed by atoms with Gasteiger partial charge in [0.15, 0.2) is 0 Å². The molecule has 0 bridgehead atoms. The van der Waals surface area contributed by atoms with Crippen LogP contribution in [-0.2, 0) is 0 Å². The van der Waals surface area contributed by atoms with E-state index in [9.17, 15) is 5.11 Å². The maximum atomic E-state index is 10.3. The molecule has 24 heavy (non-hydrogen) atoms. The number of rotatable bonds is 2. The first kappa shape index (κ1) is 16.8. The van der Waals surface area contributed by atoms with Gasteiger partial charge in [-0.3, -0.25) is 0 Å². The first-order valence-electron chi connectivity index (χ1n) is 10.2. The Morgan fingerprint density at radius 2 is 1.83 bits per heavy atom. The van der Waals surface area contributed by atoms with Gasteiger partial charge in [0, 0.05) is 6.04 Å². The Morgan fingerprint density at radius 3 is 2.54 bits per heavy atom. The van der Waals surface area contributed by atoms with Gasteiger partial charge in [0.05, 0.1) is 6.10 Å². The molecule has 4 aliphatic rings. The fraction of sp³-hybridized carbons (Fsp3) is 0.818. The van der Waals surface area contributed by atoms with Gasteiger partial charge in [-0.2, -0.15) is 0 Å². The molecule has 0 heterocycles. The van der Waals surface area contributed by atoms with E-state index in [4.69, 9.17) is 0 Å². The van der Waals surface area contributed by atoms with Crippen molar-refractivity contribution in [3.63, 3.8) is 0 Å². The number of aliphatic hydroxyl groups excluding tert-OH is 1. The lowest BCUT2D eigenvalue weighted by Crippen LogP contribution is -2.51. The molecule has 0 unspecified atom stereocenters. The molecule has 0 aromatic rings. The van der Waals surface area contributed by atoms with E-state index in [1.807, 2.05) is 6.92 Å². The zero-order valence-electron chi connectivity index (χ0n) is 15.9. The summed E-state index contributed by atoms with van der Waals surface area (Å²) in [5.74, 6) is 2.42. The molecule has 0 aromatic heterocycles. The number of fused-ring (bicyclic) bond motifs is 5. The number of allylic oxidation sites excluding steroid dienone is 2. The molecule has 0 spiro atoms. The van der Waals surface area contributed by atoms with Crippen LogP contribution in [0, 0.1) is 28.6 Å². The number of aliphatic hydroxyl groups is 1. The second-order valence-electron chi connectivity index (χ2n) is 9.52. The van der Waals surface area contributed by atoms with Crippen molar-refractivity contribution < 1.29 is 5.11 Å². The molecule has 4 rings (SSSR count). The lowest BCUT2D eigenvalue weighted by atomic mass is 9.47. The van der Waals surface area contributed by atoms with Crippen LogP contribution in [0.3, 0.4) is 0 Å². The van der Waals surface area contributed by atoms with E-state index in [1.54, 1.807) is 5.57 Å². The van der Waals surface area contributed by atoms with Crippen molar-refractivity contribution in [3.8, 4) is 0 Å². The fourth-order valence-electron chi connectivity index (χ4n) is 7.16. The highest BCUT2D eigenvalue weighted by Crippen LogP contribution is 2.65. The topological polar surface area (TPSA) is 32.3 Å². The molecular formula is C22H35NO. The fourth-order valence-corrected chi connectivity index (χ4v) is 7.16. The Balaban J connectivity index is 1.63. The highest BCUT2D eigenvalue weighted by molar-refractivity contribution is 5.31. The van der Waals surface area contributed by atoms with Crippen LogP contribution in [0.1, 0.15) is 65.7 Å². The Labute approximate surface area is 147 Å². The molecule has 0 saturated heterocycles. The molecule has 2 nitrogen and oxygen atoms in total. The zero-order valence-corrected chi connectivity index (χ0v) is 15.9. The predicted octanol–water partition coefficient (Wildman–Crippen LogP) is 4.45. The van der Waals surface area contributed by atoms with Gasteiger partial charge < -0.3 is 10.4 Å². The normalized spacial score (nSPS) is 48.7. The van der Waals surface area contributed by atoms with E-state index in [0.717, 1.165) is 17.8 Å². The second kappa shape index (κ2) is 5.71. The Kier molecular flexibility index (Phi) is 4.01. The SMILES string of the molecule is CN[C@@H]1CC[C@]2(C)C(=CC[C@H]3[C@H]4CC=C([C@H](C)O)[C@@]4(C)CC[C@@H]32)C1. The van der Waals surface area contributed by atoms with Crippen molar-refractivity contribution in [1.29, 1.82) is 0 Å². The van der Waals surface area contributed by atoms with Crippen LogP contribution in [0.25, 0.3) is 0 Å². The number of hydrogen-bond donors (Lipinski definition) is 2. The molecule has 0 amide bonds. The average molecular weight is 330 g/mol. The van der Waals surface area contributed by atoms with Crippen LogP contribution in [-0.4, -0.2) is 24.3 Å². The Bertz CT molecular complexity index is 577. The Hall–Kier alpha value is -0.600. The van der Waals surface area contributed by atoms with Gasteiger partial charge in [0.2, 0.25) is 0 Å². The maximum Gasteiger partial charge on any atom is 0.0727 e. The number of hydrogen-bond acceptors (Lipinski definition) is 2. The summed E-state index contributed by atoms with van der Waals surface area (Å²) < 4.78 is 0. The van der Waals surface area contributed by atoms with Gasteiger partial charge >= 0.3 is 0 Å². The van der Waals surface area contributed by atoms with Gasteiger partial charge in [-0.15, -0.1) is 0 Å². The van der Waals surface area contributed by atoms with Crippen LogP contribution >= 0.6 is 0 Å². The lowest BCUT2D eigenvalue weighted by molar-refractivity contribution is -0.0245. The third-order valence-corrected chi connectivity index (χ3v) is 8.60. The van der Waals surface area contributed by atoms with Crippen LogP contribution in [0.15, 0.2) is 23.3 Å². The van der Waals surface area contributed by atoms with Crippen LogP contribution in [0.2, 0.25) is 0 Å². The van der Waals surface area contributed by atoms with Gasteiger partial charge in [-0.05, 0) is 93.1 Å². The molecule has 0 radical (unpaired) electrons. The monoisotopic (exact) mass is 329 g/mol. The summed E-state index contributed by atoms with van der Waals surface area (Å²) >= 11 is 0. The first-order valence-corrected chi connectivity index (χ1v) is 10.2. The molecule has 0 aromatic carbocycles. The van der Waals surface area contributed by atoms with Crippen LogP contribution < -0.4 is 5.32 Å². The largest absolute Gasteiger partial charge is 0.389 e. The zero-order chi connectivity index (χ0) is 17.1. The van der Waals surface area contributed by atoms with Crippen molar-refractivity contribution in [2.75, 3.05) is 7.05 Å². The predicted molar refractivity (Wildman–Crippen MR) is 99.7 cm³/mol. The van der Waals surface area contributed by atoms with Gasteiger partial charge in [0.1, 0.15) is 0 Å². The first-order chi connectivity index (χ1) is 11.4. The van der Waals surface area contributed by atoms with Crippen molar-refractivity contribution in [2.24, 2.45) is 28.6 Å². The minimum Gasteiger partial charge on any atom is -0.389 e. The second-order valence-corrected chi connectivity index (χ2v) is 9.52. The van der Waals surface area contributed by atoms with Crippen molar-refractivity contribution in [3.05, 3.63) is 23.3 Å². The third-order valence-electron chi connectivity index (χ3n) is 8.60. The van der Waals surface area contributed by atoms with Gasteiger partial charge in [0.25, 0.3) is 0 Å². The third kappa shape index (κ3) is 2.22. The summed E-state index contributed by atoms with van der Waals surface area (Å²) in [5, 5.41) is 13.8. The average Bonchev–Trinajstić information content (AvgIpc) is 2.91. The summed E-state index contributed by atoms with van der Waals surface area (Å²) in [6.07, 6.45) is 13.8. The minimum absolute atomic E-state index is 0.249. The molecule has 134 valence electrons. The summed E-state index contributed by atoms with van der Waals surface area (Å²) in [5.41, 5.74) is 3.77. The highest BCUT2D eigenvalue weighted by atomic mass is 16.3. The van der Waals surface area contributed by atoms with E-state index < -0.39 is 0 Å². The molecule has 4 aliphatic carbocycles. The lowest BCUT2D eigenvalue weighted by Gasteiger charge is -2.58. The summed E-state index contributed by atoms with van der Waals surface area (Å²) in [6.45, 7) is 6.98. The van der Waals surface area contributed by atoms with Crippen molar-refractivity contribution >= 4 is 0 Å².